The minimum absolute atomic E-state index is 0.252. The van der Waals surface area contributed by atoms with Crippen LogP contribution in [0.4, 0.5) is 0 Å². The molecule has 0 fully saturated rings. The molecule has 2 rings (SSSR count). The molecule has 0 radical (unpaired) electrons. The third-order valence-corrected chi connectivity index (χ3v) is 3.54. The number of alkyl halides is 1. The molecule has 2 aromatic carbocycles. The van der Waals surface area contributed by atoms with Crippen LogP contribution in [0.5, 0.6) is 11.5 Å². The van der Waals surface area contributed by atoms with Crippen molar-refractivity contribution in [3.8, 4) is 17.6 Å². The number of esters is 1. The number of carbonyl (C=O) groups is 1. The number of nitriles is 1. The van der Waals surface area contributed by atoms with Crippen molar-refractivity contribution in [2.45, 2.75) is 0 Å². The molecule has 0 bridgehead atoms. The van der Waals surface area contributed by atoms with Gasteiger partial charge in [-0.05, 0) is 41.5 Å². The van der Waals surface area contributed by atoms with E-state index in [9.17, 15) is 10.1 Å². The number of halogens is 2. The van der Waals surface area contributed by atoms with Crippen LogP contribution in [0.2, 0.25) is 5.02 Å². The van der Waals surface area contributed by atoms with Crippen molar-refractivity contribution in [1.29, 1.82) is 5.26 Å². The van der Waals surface area contributed by atoms with Crippen molar-refractivity contribution in [1.82, 2.24) is 0 Å². The van der Waals surface area contributed by atoms with Crippen LogP contribution in [0.15, 0.2) is 42.5 Å². The number of allylic oxidation sites excluding steroid dienone is 1. The Morgan fingerprint density at radius 3 is 2.67 bits per heavy atom. The molecule has 0 saturated heterocycles. The Balaban J connectivity index is 2.37. The summed E-state index contributed by atoms with van der Waals surface area (Å²) >= 11 is 11.4. The molecule has 0 spiro atoms. The number of benzene rings is 2. The summed E-state index contributed by atoms with van der Waals surface area (Å²) in [5.41, 5.74) is 1.88. The minimum Gasteiger partial charge on any atom is -0.493 e. The molecule has 0 unspecified atom stereocenters. The lowest BCUT2D eigenvalue weighted by molar-refractivity contribution is -0.131. The van der Waals surface area contributed by atoms with Gasteiger partial charge in [-0.2, -0.15) is 5.26 Å². The summed E-state index contributed by atoms with van der Waals surface area (Å²) in [6.45, 7) is 0. The molecular formula is C18H13Cl2NO3. The molecule has 0 aliphatic rings. The van der Waals surface area contributed by atoms with Gasteiger partial charge in [0.2, 0.25) is 0 Å². The maximum atomic E-state index is 11.3. The normalized spacial score (nSPS) is 10.8. The first-order chi connectivity index (χ1) is 11.6. The monoisotopic (exact) mass is 361 g/mol. The molecule has 0 saturated carbocycles. The Labute approximate surface area is 149 Å². The Morgan fingerprint density at radius 1 is 1.25 bits per heavy atom. The first-order valence-corrected chi connectivity index (χ1v) is 7.81. The molecule has 2 aromatic rings. The van der Waals surface area contributed by atoms with E-state index in [1.807, 2.05) is 0 Å². The van der Waals surface area contributed by atoms with Gasteiger partial charge in [0.05, 0.1) is 18.8 Å². The number of hydrogen-bond donors (Lipinski definition) is 0. The zero-order chi connectivity index (χ0) is 17.5. The predicted molar refractivity (Wildman–Crippen MR) is 94.3 cm³/mol. The van der Waals surface area contributed by atoms with Gasteiger partial charge in [-0.1, -0.05) is 29.8 Å². The molecule has 0 aliphatic heterocycles. The molecule has 0 atom stereocenters. The van der Waals surface area contributed by atoms with Crippen LogP contribution < -0.4 is 9.47 Å². The van der Waals surface area contributed by atoms with Gasteiger partial charge in [0.25, 0.3) is 0 Å². The third-order valence-electron chi connectivity index (χ3n) is 3.09. The molecule has 0 N–H and O–H groups in total. The van der Waals surface area contributed by atoms with Crippen LogP contribution in [-0.4, -0.2) is 19.0 Å². The smallest absolute Gasteiger partial charge is 0.326 e. The maximum Gasteiger partial charge on any atom is 0.326 e. The van der Waals surface area contributed by atoms with Crippen LogP contribution in [0.3, 0.4) is 0 Å². The van der Waals surface area contributed by atoms with E-state index in [1.165, 1.54) is 7.11 Å². The van der Waals surface area contributed by atoms with E-state index >= 15 is 0 Å². The Kier molecular flexibility index (Phi) is 6.25. The Morgan fingerprint density at radius 2 is 2.04 bits per heavy atom. The second-order valence-corrected chi connectivity index (χ2v) is 5.40. The highest BCUT2D eigenvalue weighted by Gasteiger charge is 2.10. The molecular weight excluding hydrogens is 349 g/mol. The minimum atomic E-state index is -0.574. The number of nitrogens with zero attached hydrogens (tertiary/aromatic N) is 1. The quantitative estimate of drug-likeness (QED) is 0.257. The molecule has 24 heavy (non-hydrogen) atoms. The zero-order valence-electron chi connectivity index (χ0n) is 12.8. The van der Waals surface area contributed by atoms with Gasteiger partial charge in [0, 0.05) is 5.02 Å². The fraction of sp³-hybridized carbons (Fsp3) is 0.111. The molecule has 4 nitrogen and oxygen atoms in total. The fourth-order valence-corrected chi connectivity index (χ4v) is 2.26. The number of ether oxygens (including phenoxy) is 2. The van der Waals surface area contributed by atoms with Crippen molar-refractivity contribution in [2.24, 2.45) is 0 Å². The lowest BCUT2D eigenvalue weighted by atomic mass is 10.0. The summed E-state index contributed by atoms with van der Waals surface area (Å²) in [5, 5.41) is 9.94. The lowest BCUT2D eigenvalue weighted by Crippen LogP contribution is -2.09. The lowest BCUT2D eigenvalue weighted by Gasteiger charge is -2.09. The number of rotatable bonds is 5. The summed E-state index contributed by atoms with van der Waals surface area (Å²) in [5.74, 6) is -0.194. The van der Waals surface area contributed by atoms with Crippen LogP contribution >= 0.6 is 23.2 Å². The molecule has 0 aliphatic carbocycles. The molecule has 0 amide bonds. The standard InChI is InChI=1S/C18H13Cl2NO3/c1-23-17-8-12(5-6-16(17)24-18(22)10-19)7-14(11-21)13-3-2-4-15(20)9-13/h2-9H,10H2,1H3/b14-7-. The van der Waals surface area contributed by atoms with Crippen molar-refractivity contribution in [3.05, 3.63) is 58.6 Å². The summed E-state index contributed by atoms with van der Waals surface area (Å²) in [7, 11) is 1.46. The van der Waals surface area contributed by atoms with Gasteiger partial charge in [-0.15, -0.1) is 11.6 Å². The van der Waals surface area contributed by atoms with E-state index in [0.717, 1.165) is 0 Å². The fourth-order valence-electron chi connectivity index (χ4n) is 2.01. The van der Waals surface area contributed by atoms with Gasteiger partial charge in [-0.3, -0.25) is 4.79 Å². The van der Waals surface area contributed by atoms with Crippen molar-refractivity contribution >= 4 is 40.8 Å². The van der Waals surface area contributed by atoms with E-state index in [-0.39, 0.29) is 11.6 Å². The number of hydrogen-bond acceptors (Lipinski definition) is 4. The van der Waals surface area contributed by atoms with E-state index in [0.29, 0.717) is 27.5 Å². The second-order valence-electron chi connectivity index (χ2n) is 4.70. The van der Waals surface area contributed by atoms with Crippen LogP contribution in [0, 0.1) is 11.3 Å². The number of carbonyl (C=O) groups excluding carboxylic acids is 1. The van der Waals surface area contributed by atoms with Gasteiger partial charge < -0.3 is 9.47 Å². The highest BCUT2D eigenvalue weighted by molar-refractivity contribution is 6.30. The highest BCUT2D eigenvalue weighted by atomic mass is 35.5. The first kappa shape index (κ1) is 17.9. The van der Waals surface area contributed by atoms with Crippen LogP contribution in [0.25, 0.3) is 11.6 Å². The Bertz CT molecular complexity index is 825. The van der Waals surface area contributed by atoms with Gasteiger partial charge in [0.15, 0.2) is 11.5 Å². The average molecular weight is 362 g/mol. The summed E-state index contributed by atoms with van der Waals surface area (Å²) in [6, 6.07) is 14.1. The average Bonchev–Trinajstić information content (AvgIpc) is 2.60. The summed E-state index contributed by atoms with van der Waals surface area (Å²) in [4.78, 5) is 11.3. The molecule has 0 aromatic heterocycles. The predicted octanol–water partition coefficient (Wildman–Crippen LogP) is 4.56. The van der Waals surface area contributed by atoms with Crippen LogP contribution in [-0.2, 0) is 4.79 Å². The van der Waals surface area contributed by atoms with Gasteiger partial charge >= 0.3 is 5.97 Å². The van der Waals surface area contributed by atoms with E-state index < -0.39 is 5.97 Å². The maximum absolute atomic E-state index is 11.3. The van der Waals surface area contributed by atoms with E-state index in [2.05, 4.69) is 6.07 Å². The highest BCUT2D eigenvalue weighted by Crippen LogP contribution is 2.30. The van der Waals surface area contributed by atoms with E-state index in [1.54, 1.807) is 48.5 Å². The Hall–Kier alpha value is -2.48. The third kappa shape index (κ3) is 4.51. The second kappa shape index (κ2) is 8.39. The molecule has 122 valence electrons. The van der Waals surface area contributed by atoms with Crippen molar-refractivity contribution in [3.63, 3.8) is 0 Å². The SMILES string of the molecule is COc1cc(/C=C(/C#N)c2cccc(Cl)c2)ccc1OC(=O)CCl. The topological polar surface area (TPSA) is 59.3 Å². The van der Waals surface area contributed by atoms with Crippen LogP contribution in [0.1, 0.15) is 11.1 Å². The van der Waals surface area contributed by atoms with Crippen molar-refractivity contribution < 1.29 is 14.3 Å². The molecule has 0 heterocycles. The van der Waals surface area contributed by atoms with Crippen molar-refractivity contribution in [2.75, 3.05) is 13.0 Å². The van der Waals surface area contributed by atoms with Gasteiger partial charge in [-0.25, -0.2) is 0 Å². The van der Waals surface area contributed by atoms with E-state index in [4.69, 9.17) is 32.7 Å². The largest absolute Gasteiger partial charge is 0.493 e. The summed E-state index contributed by atoms with van der Waals surface area (Å²) in [6.07, 6.45) is 1.70. The summed E-state index contributed by atoms with van der Waals surface area (Å²) < 4.78 is 10.3. The van der Waals surface area contributed by atoms with Gasteiger partial charge in [0.1, 0.15) is 5.88 Å². The first-order valence-electron chi connectivity index (χ1n) is 6.89. The molecule has 6 heteroatoms. The number of methoxy groups -OCH3 is 1. The zero-order valence-corrected chi connectivity index (χ0v) is 14.3.